The highest BCUT2D eigenvalue weighted by molar-refractivity contribution is 7.09. The number of likely N-dealkylation sites (tertiary alicyclic amines) is 1. The molecule has 1 aliphatic rings. The zero-order valence-corrected chi connectivity index (χ0v) is 12.1. The summed E-state index contributed by atoms with van der Waals surface area (Å²) < 4.78 is 0. The van der Waals surface area contributed by atoms with Crippen LogP contribution in [0.1, 0.15) is 30.0 Å². The Morgan fingerprint density at radius 2 is 2.50 bits per heavy atom. The molecule has 1 aromatic heterocycles. The van der Waals surface area contributed by atoms with Gasteiger partial charge in [-0.1, -0.05) is 6.42 Å². The molecule has 18 heavy (non-hydrogen) atoms. The third-order valence-corrected chi connectivity index (χ3v) is 4.39. The maximum Gasteiger partial charge on any atom is 0.237 e. The van der Waals surface area contributed by atoms with Gasteiger partial charge in [-0.05, 0) is 19.4 Å². The van der Waals surface area contributed by atoms with Crippen molar-refractivity contribution in [2.45, 2.75) is 37.7 Å². The number of thiazole rings is 1. The van der Waals surface area contributed by atoms with E-state index in [2.05, 4.69) is 15.2 Å². The van der Waals surface area contributed by atoms with Crippen LogP contribution < -0.4 is 5.32 Å². The van der Waals surface area contributed by atoms with Crippen molar-refractivity contribution >= 4 is 28.8 Å². The van der Waals surface area contributed by atoms with E-state index in [-0.39, 0.29) is 11.9 Å². The molecule has 1 unspecified atom stereocenters. The average Bonchev–Trinajstić information content (AvgIpc) is 2.86. The molecule has 1 aliphatic heterocycles. The molecule has 0 radical (unpaired) electrons. The minimum atomic E-state index is -0.00731. The Labute approximate surface area is 116 Å². The van der Waals surface area contributed by atoms with Gasteiger partial charge in [0.25, 0.3) is 0 Å². The molecule has 100 valence electrons. The summed E-state index contributed by atoms with van der Waals surface area (Å²) in [6, 6.07) is -0.00731. The maximum absolute atomic E-state index is 11.8. The standard InChI is InChI=1S/C12H18ClN3OS/c1-14-12(17)10-4-2-3-5-16(10)7-11-15-9(6-13)8-18-11/h8,10H,2-7H2,1H3,(H,14,17). The van der Waals surface area contributed by atoms with Crippen LogP contribution in [0.2, 0.25) is 0 Å². The van der Waals surface area contributed by atoms with Gasteiger partial charge in [0.15, 0.2) is 0 Å². The van der Waals surface area contributed by atoms with E-state index < -0.39 is 0 Å². The molecule has 1 saturated heterocycles. The van der Waals surface area contributed by atoms with Crippen molar-refractivity contribution in [3.05, 3.63) is 16.1 Å². The summed E-state index contributed by atoms with van der Waals surface area (Å²) in [5, 5.41) is 5.78. The number of rotatable bonds is 4. The van der Waals surface area contributed by atoms with Crippen LogP contribution in [0.5, 0.6) is 0 Å². The molecule has 0 aliphatic carbocycles. The van der Waals surface area contributed by atoms with Gasteiger partial charge in [-0.2, -0.15) is 0 Å². The van der Waals surface area contributed by atoms with E-state index in [0.29, 0.717) is 5.88 Å². The number of carbonyl (C=O) groups excluding carboxylic acids is 1. The maximum atomic E-state index is 11.8. The molecule has 0 saturated carbocycles. The zero-order chi connectivity index (χ0) is 13.0. The van der Waals surface area contributed by atoms with Crippen LogP contribution in [0, 0.1) is 0 Å². The smallest absolute Gasteiger partial charge is 0.237 e. The highest BCUT2D eigenvalue weighted by atomic mass is 35.5. The van der Waals surface area contributed by atoms with Crippen molar-refractivity contribution in [2.75, 3.05) is 13.6 Å². The molecular formula is C12H18ClN3OS. The summed E-state index contributed by atoms with van der Waals surface area (Å²) in [5.41, 5.74) is 0.921. The second-order valence-electron chi connectivity index (χ2n) is 4.46. The third-order valence-electron chi connectivity index (χ3n) is 3.24. The molecule has 4 nitrogen and oxygen atoms in total. The summed E-state index contributed by atoms with van der Waals surface area (Å²) in [6.45, 7) is 1.72. The molecule has 1 aromatic rings. The molecule has 2 rings (SSSR count). The molecule has 1 amide bonds. The first-order chi connectivity index (χ1) is 8.74. The van der Waals surface area contributed by atoms with Gasteiger partial charge in [0, 0.05) is 12.4 Å². The zero-order valence-electron chi connectivity index (χ0n) is 10.5. The van der Waals surface area contributed by atoms with Gasteiger partial charge in [-0.25, -0.2) is 4.98 Å². The van der Waals surface area contributed by atoms with Crippen LogP contribution in [-0.2, 0) is 17.2 Å². The predicted molar refractivity (Wildman–Crippen MR) is 73.8 cm³/mol. The third kappa shape index (κ3) is 3.22. The number of piperidine rings is 1. The van der Waals surface area contributed by atoms with Gasteiger partial charge in [-0.3, -0.25) is 9.69 Å². The molecule has 2 heterocycles. The number of amides is 1. The molecule has 0 spiro atoms. The minimum absolute atomic E-state index is 0.00731. The number of likely N-dealkylation sites (N-methyl/N-ethyl adjacent to an activating group) is 1. The Morgan fingerprint density at radius 3 is 3.17 bits per heavy atom. The van der Waals surface area contributed by atoms with Crippen LogP contribution in [0.3, 0.4) is 0 Å². The van der Waals surface area contributed by atoms with Crippen molar-refractivity contribution < 1.29 is 4.79 Å². The number of aromatic nitrogens is 1. The van der Waals surface area contributed by atoms with Crippen LogP contribution in [0.4, 0.5) is 0 Å². The lowest BCUT2D eigenvalue weighted by molar-refractivity contribution is -0.127. The van der Waals surface area contributed by atoms with Crippen LogP contribution in [-0.4, -0.2) is 35.4 Å². The summed E-state index contributed by atoms with van der Waals surface area (Å²) in [4.78, 5) is 18.5. The van der Waals surface area contributed by atoms with E-state index in [1.54, 1.807) is 18.4 Å². The fourth-order valence-corrected chi connectivity index (χ4v) is 3.35. The van der Waals surface area contributed by atoms with E-state index in [0.717, 1.165) is 43.1 Å². The summed E-state index contributed by atoms with van der Waals surface area (Å²) in [6.07, 6.45) is 3.22. The number of nitrogens with one attached hydrogen (secondary N) is 1. The van der Waals surface area contributed by atoms with Crippen molar-refractivity contribution in [3.63, 3.8) is 0 Å². The fraction of sp³-hybridized carbons (Fsp3) is 0.667. The van der Waals surface area contributed by atoms with Gasteiger partial charge in [0.1, 0.15) is 5.01 Å². The number of carbonyl (C=O) groups is 1. The SMILES string of the molecule is CNC(=O)C1CCCCN1Cc1nc(CCl)cs1. The number of hydrogen-bond acceptors (Lipinski definition) is 4. The first-order valence-electron chi connectivity index (χ1n) is 6.19. The first kappa shape index (κ1) is 13.8. The first-order valence-corrected chi connectivity index (χ1v) is 7.61. The van der Waals surface area contributed by atoms with Gasteiger partial charge < -0.3 is 5.32 Å². The molecule has 1 atom stereocenters. The van der Waals surface area contributed by atoms with Crippen LogP contribution in [0.15, 0.2) is 5.38 Å². The Bertz CT molecular complexity index is 410. The van der Waals surface area contributed by atoms with E-state index in [1.165, 1.54) is 0 Å². The number of alkyl halides is 1. The lowest BCUT2D eigenvalue weighted by atomic mass is 10.0. The van der Waals surface area contributed by atoms with Gasteiger partial charge in [-0.15, -0.1) is 22.9 Å². The Balaban J connectivity index is 2.02. The number of nitrogens with zero attached hydrogens (tertiary/aromatic N) is 2. The summed E-state index contributed by atoms with van der Waals surface area (Å²) in [7, 11) is 1.70. The van der Waals surface area contributed by atoms with Gasteiger partial charge in [0.05, 0.1) is 24.2 Å². The highest BCUT2D eigenvalue weighted by Crippen LogP contribution is 2.21. The molecular weight excluding hydrogens is 270 g/mol. The molecule has 0 bridgehead atoms. The van der Waals surface area contributed by atoms with E-state index in [4.69, 9.17) is 11.6 Å². The van der Waals surface area contributed by atoms with Crippen LogP contribution in [0.25, 0.3) is 0 Å². The molecule has 6 heteroatoms. The normalized spacial score (nSPS) is 20.9. The average molecular weight is 288 g/mol. The van der Waals surface area contributed by atoms with Crippen molar-refractivity contribution in [1.82, 2.24) is 15.2 Å². The van der Waals surface area contributed by atoms with Crippen LogP contribution >= 0.6 is 22.9 Å². The Hall–Kier alpha value is -0.650. The van der Waals surface area contributed by atoms with Crippen molar-refractivity contribution in [2.24, 2.45) is 0 Å². The van der Waals surface area contributed by atoms with E-state index in [9.17, 15) is 4.79 Å². The monoisotopic (exact) mass is 287 g/mol. The largest absolute Gasteiger partial charge is 0.358 e. The summed E-state index contributed by atoms with van der Waals surface area (Å²) >= 11 is 7.37. The van der Waals surface area contributed by atoms with Crippen molar-refractivity contribution in [1.29, 1.82) is 0 Å². The lowest BCUT2D eigenvalue weighted by Gasteiger charge is -2.33. The van der Waals surface area contributed by atoms with Gasteiger partial charge in [0.2, 0.25) is 5.91 Å². The number of halogens is 1. The Morgan fingerprint density at radius 1 is 1.67 bits per heavy atom. The lowest BCUT2D eigenvalue weighted by Crippen LogP contribution is -2.48. The predicted octanol–water partition coefficient (Wildman–Crippen LogP) is 1.98. The van der Waals surface area contributed by atoms with Crippen molar-refractivity contribution in [3.8, 4) is 0 Å². The quantitative estimate of drug-likeness (QED) is 0.862. The Kier molecular flexibility index (Phi) is 4.97. The highest BCUT2D eigenvalue weighted by Gasteiger charge is 2.28. The fourth-order valence-electron chi connectivity index (χ4n) is 2.30. The topological polar surface area (TPSA) is 45.2 Å². The molecule has 1 N–H and O–H groups in total. The van der Waals surface area contributed by atoms with E-state index >= 15 is 0 Å². The second-order valence-corrected chi connectivity index (χ2v) is 5.67. The second kappa shape index (κ2) is 6.50. The molecule has 0 aromatic carbocycles. The summed E-state index contributed by atoms with van der Waals surface area (Å²) in [5.74, 6) is 0.568. The molecule has 1 fully saturated rings. The van der Waals surface area contributed by atoms with Gasteiger partial charge >= 0.3 is 0 Å². The minimum Gasteiger partial charge on any atom is -0.358 e. The van der Waals surface area contributed by atoms with E-state index in [1.807, 2.05) is 5.38 Å². The number of hydrogen-bond donors (Lipinski definition) is 1.